The lowest BCUT2D eigenvalue weighted by Crippen LogP contribution is -2.35. The molecule has 2 nitrogen and oxygen atoms in total. The second-order valence-corrected chi connectivity index (χ2v) is 4.91. The summed E-state index contributed by atoms with van der Waals surface area (Å²) in [7, 11) is 0. The lowest BCUT2D eigenvalue weighted by molar-refractivity contribution is 0.185. The van der Waals surface area contributed by atoms with Crippen molar-refractivity contribution in [3.05, 3.63) is 35.9 Å². The second-order valence-electron chi connectivity index (χ2n) is 4.52. The van der Waals surface area contributed by atoms with Crippen LogP contribution in [0.1, 0.15) is 32.4 Å². The van der Waals surface area contributed by atoms with Crippen LogP contribution in [0.3, 0.4) is 0 Å². The monoisotopic (exact) mass is 212 g/mol. The third-order valence-electron chi connectivity index (χ3n) is 2.18. The van der Waals surface area contributed by atoms with Gasteiger partial charge in [0.15, 0.2) is 0 Å². The first-order valence-electron chi connectivity index (χ1n) is 4.67. The minimum Gasteiger partial charge on any atom is -0.254 e. The fourth-order valence-corrected chi connectivity index (χ4v) is 2.05. The lowest BCUT2D eigenvalue weighted by atomic mass is 9.83. The number of benzene rings is 1. The normalized spacial score (nSPS) is 14.4. The molecule has 1 aromatic rings. The van der Waals surface area contributed by atoms with Crippen LogP contribution in [0.4, 0.5) is 0 Å². The van der Waals surface area contributed by atoms with Gasteiger partial charge in [-0.15, -0.1) is 0 Å². The van der Waals surface area contributed by atoms with Gasteiger partial charge in [0.25, 0.3) is 0 Å². The zero-order valence-corrected chi connectivity index (χ0v) is 9.62. The van der Waals surface area contributed by atoms with Crippen LogP contribution in [0.25, 0.3) is 0 Å². The Kier molecular flexibility index (Phi) is 3.53. The van der Waals surface area contributed by atoms with E-state index >= 15 is 0 Å². The Morgan fingerprint density at radius 1 is 1.21 bits per heavy atom. The molecule has 0 bridgehead atoms. The van der Waals surface area contributed by atoms with Gasteiger partial charge in [-0.1, -0.05) is 51.1 Å². The molecule has 0 amide bonds. The topological polar surface area (TPSA) is 29.3 Å². The summed E-state index contributed by atoms with van der Waals surface area (Å²) < 4.78 is 1.26. The molecule has 0 aliphatic rings. The van der Waals surface area contributed by atoms with E-state index in [4.69, 9.17) is 17.6 Å². The SMILES string of the molecule is CC(C)(C)C(c1ccccc1)N(N)Cl. The zero-order valence-electron chi connectivity index (χ0n) is 8.87. The summed E-state index contributed by atoms with van der Waals surface area (Å²) in [5, 5.41) is 0. The van der Waals surface area contributed by atoms with E-state index in [1.165, 1.54) is 4.53 Å². The van der Waals surface area contributed by atoms with Gasteiger partial charge in [0.2, 0.25) is 0 Å². The summed E-state index contributed by atoms with van der Waals surface area (Å²) in [6.45, 7) is 6.35. The molecule has 0 saturated carbocycles. The molecule has 1 rings (SSSR count). The molecular weight excluding hydrogens is 196 g/mol. The molecule has 1 unspecified atom stereocenters. The van der Waals surface area contributed by atoms with Gasteiger partial charge < -0.3 is 0 Å². The third kappa shape index (κ3) is 2.71. The molecule has 0 aliphatic carbocycles. The molecule has 0 aromatic heterocycles. The molecule has 14 heavy (non-hydrogen) atoms. The molecule has 0 radical (unpaired) electrons. The lowest BCUT2D eigenvalue weighted by Gasteiger charge is -2.33. The maximum Gasteiger partial charge on any atom is 0.0703 e. The molecular formula is C11H17ClN2. The fourth-order valence-electron chi connectivity index (χ4n) is 1.65. The zero-order chi connectivity index (χ0) is 10.8. The predicted molar refractivity (Wildman–Crippen MR) is 60.5 cm³/mol. The molecule has 0 aliphatic heterocycles. The first-order valence-corrected chi connectivity index (χ1v) is 5.01. The predicted octanol–water partition coefficient (Wildman–Crippen LogP) is 3.10. The number of nitrogens with zero attached hydrogens (tertiary/aromatic N) is 1. The van der Waals surface area contributed by atoms with Crippen LogP contribution in [0.15, 0.2) is 30.3 Å². The van der Waals surface area contributed by atoms with E-state index in [2.05, 4.69) is 20.8 Å². The molecule has 78 valence electrons. The number of halogens is 1. The van der Waals surface area contributed by atoms with E-state index in [-0.39, 0.29) is 11.5 Å². The van der Waals surface area contributed by atoms with Crippen molar-refractivity contribution in [3.8, 4) is 0 Å². The van der Waals surface area contributed by atoms with E-state index in [0.717, 1.165) is 5.56 Å². The van der Waals surface area contributed by atoms with Crippen LogP contribution in [-0.4, -0.2) is 4.53 Å². The molecule has 0 saturated heterocycles. The van der Waals surface area contributed by atoms with Crippen LogP contribution in [0.5, 0.6) is 0 Å². The Morgan fingerprint density at radius 2 is 1.71 bits per heavy atom. The Labute approximate surface area is 90.7 Å². The van der Waals surface area contributed by atoms with E-state index in [0.29, 0.717) is 0 Å². The standard InChI is InChI=1S/C11H17ClN2/c1-11(2,3)10(14(12)13)9-7-5-4-6-8-9/h4-8,10H,13H2,1-3H3. The average Bonchev–Trinajstić information content (AvgIpc) is 2.02. The van der Waals surface area contributed by atoms with Crippen molar-refractivity contribution in [1.29, 1.82) is 0 Å². The smallest absolute Gasteiger partial charge is 0.0703 e. The second kappa shape index (κ2) is 4.30. The van der Waals surface area contributed by atoms with Crippen molar-refractivity contribution < 1.29 is 0 Å². The quantitative estimate of drug-likeness (QED) is 0.464. The van der Waals surface area contributed by atoms with Gasteiger partial charge in [0.05, 0.1) is 6.04 Å². The largest absolute Gasteiger partial charge is 0.254 e. The number of hydrazine groups is 1. The molecule has 1 aromatic carbocycles. The number of nitrogens with two attached hydrogens (primary N) is 1. The molecule has 3 heteroatoms. The highest BCUT2D eigenvalue weighted by molar-refractivity contribution is 6.13. The van der Waals surface area contributed by atoms with Crippen LogP contribution in [0.2, 0.25) is 0 Å². The molecule has 0 spiro atoms. The van der Waals surface area contributed by atoms with Crippen molar-refractivity contribution in [2.24, 2.45) is 11.3 Å². The summed E-state index contributed by atoms with van der Waals surface area (Å²) in [4.78, 5) is 0. The van der Waals surface area contributed by atoms with Crippen molar-refractivity contribution in [3.63, 3.8) is 0 Å². The minimum atomic E-state index is 0.0118. The minimum absolute atomic E-state index is 0.0118. The highest BCUT2D eigenvalue weighted by atomic mass is 35.5. The number of hydrogen-bond donors (Lipinski definition) is 1. The Morgan fingerprint density at radius 3 is 2.07 bits per heavy atom. The van der Waals surface area contributed by atoms with Gasteiger partial charge in [-0.2, -0.15) is 4.53 Å². The summed E-state index contributed by atoms with van der Waals surface area (Å²) in [6.07, 6.45) is 0. The molecule has 0 heterocycles. The first kappa shape index (κ1) is 11.5. The van der Waals surface area contributed by atoms with Gasteiger partial charge in [0, 0.05) is 0 Å². The van der Waals surface area contributed by atoms with E-state index < -0.39 is 0 Å². The van der Waals surface area contributed by atoms with Crippen LogP contribution < -0.4 is 5.84 Å². The van der Waals surface area contributed by atoms with Crippen LogP contribution in [-0.2, 0) is 0 Å². The number of rotatable bonds is 2. The third-order valence-corrected chi connectivity index (χ3v) is 2.38. The summed E-state index contributed by atoms with van der Waals surface area (Å²) in [5.74, 6) is 5.65. The van der Waals surface area contributed by atoms with Gasteiger partial charge in [0.1, 0.15) is 0 Å². The molecule has 2 N–H and O–H groups in total. The van der Waals surface area contributed by atoms with E-state index in [1.54, 1.807) is 0 Å². The molecule has 0 fully saturated rings. The van der Waals surface area contributed by atoms with Crippen molar-refractivity contribution in [2.45, 2.75) is 26.8 Å². The van der Waals surface area contributed by atoms with Gasteiger partial charge in [-0.05, 0) is 22.8 Å². The van der Waals surface area contributed by atoms with Crippen LogP contribution >= 0.6 is 11.8 Å². The van der Waals surface area contributed by atoms with Gasteiger partial charge in [-0.25, -0.2) is 0 Å². The Hall–Kier alpha value is -0.570. The number of hydrogen-bond acceptors (Lipinski definition) is 2. The van der Waals surface area contributed by atoms with Crippen molar-refractivity contribution >= 4 is 11.8 Å². The maximum absolute atomic E-state index is 5.87. The van der Waals surface area contributed by atoms with Gasteiger partial charge >= 0.3 is 0 Å². The van der Waals surface area contributed by atoms with Crippen molar-refractivity contribution in [2.75, 3.05) is 0 Å². The highest BCUT2D eigenvalue weighted by Crippen LogP contribution is 2.36. The molecule has 1 atom stereocenters. The maximum atomic E-state index is 5.87. The summed E-state index contributed by atoms with van der Waals surface area (Å²) in [5.41, 5.74) is 1.15. The van der Waals surface area contributed by atoms with E-state index in [1.807, 2.05) is 30.3 Å². The summed E-state index contributed by atoms with van der Waals surface area (Å²) >= 11 is 5.87. The Bertz CT molecular complexity index is 277. The van der Waals surface area contributed by atoms with Crippen molar-refractivity contribution in [1.82, 2.24) is 4.53 Å². The van der Waals surface area contributed by atoms with E-state index in [9.17, 15) is 0 Å². The Balaban J connectivity index is 3.02. The summed E-state index contributed by atoms with van der Waals surface area (Å²) in [6, 6.07) is 10.1. The van der Waals surface area contributed by atoms with Gasteiger partial charge in [-0.3, -0.25) is 5.84 Å². The first-order chi connectivity index (χ1) is 6.43. The van der Waals surface area contributed by atoms with Crippen LogP contribution in [0, 0.1) is 5.41 Å². The average molecular weight is 213 g/mol. The fraction of sp³-hybridized carbons (Fsp3) is 0.455. The highest BCUT2D eigenvalue weighted by Gasteiger charge is 2.29.